The number of carbonyl (C=O) groups is 2. The summed E-state index contributed by atoms with van der Waals surface area (Å²) < 4.78 is 5.00. The van der Waals surface area contributed by atoms with E-state index in [0.29, 0.717) is 30.3 Å². The summed E-state index contributed by atoms with van der Waals surface area (Å²) in [6.45, 7) is 6.64. The zero-order valence-corrected chi connectivity index (χ0v) is 15.4. The maximum absolute atomic E-state index is 12.8. The van der Waals surface area contributed by atoms with Gasteiger partial charge in [-0.2, -0.15) is 0 Å². The third-order valence-electron chi connectivity index (χ3n) is 6.96. The van der Waals surface area contributed by atoms with Crippen LogP contribution in [-0.2, 0) is 9.53 Å². The van der Waals surface area contributed by atoms with E-state index in [0.717, 1.165) is 25.9 Å². The molecular formula is C21H26N2O3. The van der Waals surface area contributed by atoms with Crippen molar-refractivity contribution >= 4 is 12.0 Å². The molecule has 3 atom stereocenters. The van der Waals surface area contributed by atoms with Crippen molar-refractivity contribution in [1.29, 1.82) is 0 Å². The molecule has 2 saturated heterocycles. The molecule has 5 heteroatoms. The van der Waals surface area contributed by atoms with Gasteiger partial charge in [-0.25, -0.2) is 4.79 Å². The molecule has 4 fully saturated rings. The van der Waals surface area contributed by atoms with E-state index in [1.165, 1.54) is 11.1 Å². The Morgan fingerprint density at radius 1 is 1.19 bits per heavy atom. The smallest absolute Gasteiger partial charge is 0.407 e. The molecule has 1 aromatic carbocycles. The van der Waals surface area contributed by atoms with Gasteiger partial charge in [0, 0.05) is 19.0 Å². The number of fused-ring (bicyclic) bond motifs is 1. The van der Waals surface area contributed by atoms with Crippen LogP contribution in [0.2, 0.25) is 0 Å². The molecule has 26 heavy (non-hydrogen) atoms. The summed E-state index contributed by atoms with van der Waals surface area (Å²) in [4.78, 5) is 26.0. The van der Waals surface area contributed by atoms with Gasteiger partial charge in [-0.1, -0.05) is 38.1 Å². The number of benzene rings is 1. The van der Waals surface area contributed by atoms with Gasteiger partial charge >= 0.3 is 6.09 Å². The second kappa shape index (κ2) is 5.48. The molecule has 0 aromatic heterocycles. The number of cyclic esters (lactones) is 1. The molecule has 0 bridgehead atoms. The van der Waals surface area contributed by atoms with E-state index in [1.807, 2.05) is 0 Å². The van der Waals surface area contributed by atoms with Crippen molar-refractivity contribution in [2.75, 3.05) is 19.7 Å². The molecule has 5 rings (SSSR count). The van der Waals surface area contributed by atoms with Crippen molar-refractivity contribution in [3.8, 4) is 0 Å². The third kappa shape index (κ3) is 2.43. The third-order valence-corrected chi connectivity index (χ3v) is 6.96. The van der Waals surface area contributed by atoms with Gasteiger partial charge in [0.1, 0.15) is 6.61 Å². The van der Waals surface area contributed by atoms with E-state index >= 15 is 0 Å². The van der Waals surface area contributed by atoms with Crippen LogP contribution >= 0.6 is 0 Å². The minimum atomic E-state index is -0.343. The van der Waals surface area contributed by atoms with Crippen molar-refractivity contribution in [2.45, 2.75) is 44.1 Å². The summed E-state index contributed by atoms with van der Waals surface area (Å²) in [7, 11) is 0. The van der Waals surface area contributed by atoms with E-state index in [9.17, 15) is 9.59 Å². The van der Waals surface area contributed by atoms with Gasteiger partial charge in [0.05, 0.1) is 5.54 Å². The van der Waals surface area contributed by atoms with Gasteiger partial charge in [-0.15, -0.1) is 0 Å². The summed E-state index contributed by atoms with van der Waals surface area (Å²) in [5.74, 6) is 2.79. The Balaban J connectivity index is 1.16. The van der Waals surface area contributed by atoms with Crippen molar-refractivity contribution < 1.29 is 14.3 Å². The number of hydrogen-bond donors (Lipinski definition) is 1. The number of alkyl carbamates (subject to hydrolysis) is 1. The number of nitrogens with one attached hydrogen (secondary N) is 1. The summed E-state index contributed by atoms with van der Waals surface area (Å²) in [6, 6.07) is 9.07. The number of nitrogens with zero attached hydrogens (tertiary/aromatic N) is 1. The van der Waals surface area contributed by atoms with Crippen molar-refractivity contribution in [3.63, 3.8) is 0 Å². The first-order valence-corrected chi connectivity index (χ1v) is 9.79. The SMILES string of the molecule is CC(C)c1ccc([C@@H]2[C@@H]3CN(C(=O)C4CC5(COC(=O)N5)C4)C[C@@H]32)cc1. The molecule has 4 aliphatic rings. The number of rotatable bonds is 3. The van der Waals surface area contributed by atoms with Crippen LogP contribution in [-0.4, -0.2) is 42.1 Å². The Bertz CT molecular complexity index is 739. The number of carbonyl (C=O) groups excluding carboxylic acids is 2. The van der Waals surface area contributed by atoms with Crippen molar-refractivity contribution in [1.82, 2.24) is 10.2 Å². The van der Waals surface area contributed by atoms with E-state index in [-0.39, 0.29) is 23.5 Å². The van der Waals surface area contributed by atoms with E-state index < -0.39 is 0 Å². The standard InChI is InChI=1S/C21H26N2O3/c1-12(2)13-3-5-14(6-4-13)18-16-9-23(10-17(16)18)19(24)15-7-21(8-15)11-26-20(25)22-21/h3-6,12,15-18H,7-11H2,1-2H3,(H,22,25)/t15?,16-,17+,18-,21?. The highest BCUT2D eigenvalue weighted by molar-refractivity contribution is 5.82. The summed E-state index contributed by atoms with van der Waals surface area (Å²) in [5, 5.41) is 2.87. The Labute approximate surface area is 154 Å². The van der Waals surface area contributed by atoms with E-state index in [1.54, 1.807) is 0 Å². The highest BCUT2D eigenvalue weighted by Gasteiger charge is 2.59. The van der Waals surface area contributed by atoms with Gasteiger partial charge in [0.2, 0.25) is 5.91 Å². The average Bonchev–Trinajstić information content (AvgIpc) is 2.94. The molecule has 138 valence electrons. The minimum Gasteiger partial charge on any atom is -0.447 e. The lowest BCUT2D eigenvalue weighted by atomic mass is 9.68. The van der Waals surface area contributed by atoms with Crippen LogP contribution < -0.4 is 5.32 Å². The number of amides is 2. The lowest BCUT2D eigenvalue weighted by Gasteiger charge is -2.43. The quantitative estimate of drug-likeness (QED) is 0.908. The molecule has 2 saturated carbocycles. The molecular weight excluding hydrogens is 328 g/mol. The Hall–Kier alpha value is -2.04. The van der Waals surface area contributed by atoms with Crippen molar-refractivity contribution in [3.05, 3.63) is 35.4 Å². The van der Waals surface area contributed by atoms with Gasteiger partial charge in [-0.3, -0.25) is 4.79 Å². The fourth-order valence-electron chi connectivity index (χ4n) is 5.33. The molecule has 2 aliphatic carbocycles. The van der Waals surface area contributed by atoms with Gasteiger partial charge < -0.3 is 15.0 Å². The van der Waals surface area contributed by atoms with E-state index in [2.05, 4.69) is 48.3 Å². The number of piperidine rings is 1. The first-order valence-electron chi connectivity index (χ1n) is 9.79. The monoisotopic (exact) mass is 354 g/mol. The predicted octanol–water partition coefficient (Wildman–Crippen LogP) is 2.87. The highest BCUT2D eigenvalue weighted by atomic mass is 16.6. The largest absolute Gasteiger partial charge is 0.447 e. The fraction of sp³-hybridized carbons (Fsp3) is 0.619. The molecule has 1 spiro atoms. The average molecular weight is 354 g/mol. The molecule has 0 radical (unpaired) electrons. The molecule has 2 aliphatic heterocycles. The number of hydrogen-bond acceptors (Lipinski definition) is 3. The van der Waals surface area contributed by atoms with Gasteiger partial charge in [0.15, 0.2) is 0 Å². The number of likely N-dealkylation sites (tertiary alicyclic amines) is 1. The second-order valence-electron chi connectivity index (χ2n) is 9.00. The first kappa shape index (κ1) is 16.2. The van der Waals surface area contributed by atoms with Crippen LogP contribution in [0.5, 0.6) is 0 Å². The highest BCUT2D eigenvalue weighted by Crippen LogP contribution is 2.58. The van der Waals surface area contributed by atoms with Crippen LogP contribution in [0.25, 0.3) is 0 Å². The summed E-state index contributed by atoms with van der Waals surface area (Å²) >= 11 is 0. The normalized spacial score (nSPS) is 37.3. The summed E-state index contributed by atoms with van der Waals surface area (Å²) in [6.07, 6.45) is 1.11. The predicted molar refractivity (Wildman–Crippen MR) is 96.8 cm³/mol. The molecule has 1 aromatic rings. The fourth-order valence-corrected chi connectivity index (χ4v) is 5.33. The second-order valence-corrected chi connectivity index (χ2v) is 9.00. The van der Waals surface area contributed by atoms with Crippen LogP contribution in [0.3, 0.4) is 0 Å². The van der Waals surface area contributed by atoms with E-state index in [4.69, 9.17) is 4.74 Å². The Morgan fingerprint density at radius 2 is 1.85 bits per heavy atom. The van der Waals surface area contributed by atoms with Crippen molar-refractivity contribution in [2.24, 2.45) is 17.8 Å². The zero-order valence-electron chi connectivity index (χ0n) is 15.4. The van der Waals surface area contributed by atoms with Gasteiger partial charge in [0.25, 0.3) is 0 Å². The van der Waals surface area contributed by atoms with Crippen LogP contribution in [0.1, 0.15) is 49.7 Å². The topological polar surface area (TPSA) is 58.6 Å². The minimum absolute atomic E-state index is 0.0540. The maximum Gasteiger partial charge on any atom is 0.407 e. The summed E-state index contributed by atoms with van der Waals surface area (Å²) in [5.41, 5.74) is 2.56. The molecule has 2 heterocycles. The Morgan fingerprint density at radius 3 is 2.38 bits per heavy atom. The van der Waals surface area contributed by atoms with Crippen LogP contribution in [0, 0.1) is 17.8 Å². The lowest BCUT2D eigenvalue weighted by Crippen LogP contribution is -2.58. The molecule has 1 N–H and O–H groups in total. The molecule has 0 unspecified atom stereocenters. The first-order chi connectivity index (χ1) is 12.5. The molecule has 5 nitrogen and oxygen atoms in total. The van der Waals surface area contributed by atoms with Gasteiger partial charge in [-0.05, 0) is 47.6 Å². The number of ether oxygens (including phenoxy) is 1. The molecule has 2 amide bonds. The van der Waals surface area contributed by atoms with Crippen LogP contribution in [0.15, 0.2) is 24.3 Å². The van der Waals surface area contributed by atoms with Crippen LogP contribution in [0.4, 0.5) is 4.79 Å². The Kier molecular flexibility index (Phi) is 3.40. The lowest BCUT2D eigenvalue weighted by molar-refractivity contribution is -0.140. The zero-order chi connectivity index (χ0) is 18.1. The maximum atomic E-state index is 12.8.